The third-order valence-electron chi connectivity index (χ3n) is 6.33. The largest absolute Gasteiger partial charge is 0.465 e. The van der Waals surface area contributed by atoms with Gasteiger partial charge in [0.1, 0.15) is 0 Å². The van der Waals surface area contributed by atoms with Crippen molar-refractivity contribution in [1.82, 2.24) is 4.90 Å². The van der Waals surface area contributed by atoms with Crippen LogP contribution in [0.3, 0.4) is 0 Å². The standard InChI is InChI=1S/C23H25F3N2O5S/c24-23(25,26)16-2-1-3-17(12-16)27-21(29)15-6-4-14(5-7-15)19-13-20(19)28(22(30)31)18-8-10-34(32,33)11-9-18/h1-7,12,18-20,32-33H,8-11,13H2,(H,27,29)(H,30,31). The van der Waals surface area contributed by atoms with E-state index in [0.29, 0.717) is 19.3 Å². The van der Waals surface area contributed by atoms with Gasteiger partial charge in [-0.1, -0.05) is 18.2 Å². The van der Waals surface area contributed by atoms with Gasteiger partial charge in [-0.2, -0.15) is 23.8 Å². The van der Waals surface area contributed by atoms with E-state index in [2.05, 4.69) is 5.32 Å². The van der Waals surface area contributed by atoms with Crippen LogP contribution in [0.1, 0.15) is 46.7 Å². The second-order valence-corrected chi connectivity index (χ2v) is 11.1. The lowest BCUT2D eigenvalue weighted by Crippen LogP contribution is -2.45. The van der Waals surface area contributed by atoms with Crippen molar-refractivity contribution in [1.29, 1.82) is 0 Å². The number of carbonyl (C=O) groups excluding carboxylic acids is 1. The third-order valence-corrected chi connectivity index (χ3v) is 8.11. The molecule has 0 spiro atoms. The van der Waals surface area contributed by atoms with Crippen molar-refractivity contribution in [2.45, 2.75) is 43.4 Å². The summed E-state index contributed by atoms with van der Waals surface area (Å²) in [5.41, 5.74) is 0.316. The summed E-state index contributed by atoms with van der Waals surface area (Å²) in [6, 6.07) is 10.5. The van der Waals surface area contributed by atoms with Crippen molar-refractivity contribution in [2.24, 2.45) is 0 Å². The lowest BCUT2D eigenvalue weighted by Gasteiger charge is -2.42. The molecule has 7 nitrogen and oxygen atoms in total. The van der Waals surface area contributed by atoms with Crippen molar-refractivity contribution >= 4 is 28.3 Å². The maximum atomic E-state index is 12.9. The van der Waals surface area contributed by atoms with Gasteiger partial charge in [0.15, 0.2) is 0 Å². The highest BCUT2D eigenvalue weighted by molar-refractivity contribution is 8.24. The van der Waals surface area contributed by atoms with Crippen LogP contribution in [-0.4, -0.2) is 54.7 Å². The molecule has 34 heavy (non-hydrogen) atoms. The van der Waals surface area contributed by atoms with Gasteiger partial charge < -0.3 is 15.3 Å². The number of carbonyl (C=O) groups is 2. The number of benzene rings is 2. The van der Waals surface area contributed by atoms with E-state index in [1.54, 1.807) is 24.3 Å². The summed E-state index contributed by atoms with van der Waals surface area (Å²) in [5, 5.41) is 12.2. The van der Waals surface area contributed by atoms with Gasteiger partial charge in [0.2, 0.25) is 0 Å². The minimum Gasteiger partial charge on any atom is -0.465 e. The van der Waals surface area contributed by atoms with Crippen LogP contribution in [0.15, 0.2) is 48.5 Å². The van der Waals surface area contributed by atoms with Gasteiger partial charge in [0.25, 0.3) is 5.91 Å². The Labute approximate surface area is 195 Å². The molecule has 2 aromatic carbocycles. The summed E-state index contributed by atoms with van der Waals surface area (Å²) in [6.07, 6.45) is -4.09. The van der Waals surface area contributed by atoms with Crippen LogP contribution in [0.2, 0.25) is 0 Å². The minimum atomic E-state index is -4.51. The summed E-state index contributed by atoms with van der Waals surface area (Å²) in [4.78, 5) is 25.8. The zero-order valence-corrected chi connectivity index (χ0v) is 18.9. The Balaban J connectivity index is 1.39. The average Bonchev–Trinajstić information content (AvgIpc) is 3.55. The fraction of sp³-hybridized carbons (Fsp3) is 0.391. The molecule has 1 heterocycles. The van der Waals surface area contributed by atoms with Gasteiger partial charge in [0, 0.05) is 40.8 Å². The van der Waals surface area contributed by atoms with E-state index in [9.17, 15) is 37.0 Å². The molecule has 0 radical (unpaired) electrons. The molecule has 4 rings (SSSR count). The van der Waals surface area contributed by atoms with E-state index in [4.69, 9.17) is 0 Å². The normalized spacial score (nSPS) is 23.1. The lowest BCUT2D eigenvalue weighted by molar-refractivity contribution is -0.137. The molecule has 11 heteroatoms. The molecule has 0 bridgehead atoms. The third kappa shape index (κ3) is 5.48. The summed E-state index contributed by atoms with van der Waals surface area (Å²) in [7, 11) is -2.60. The molecule has 2 unspecified atom stereocenters. The van der Waals surface area contributed by atoms with Gasteiger partial charge >= 0.3 is 12.3 Å². The van der Waals surface area contributed by atoms with Gasteiger partial charge in [-0.3, -0.25) is 13.9 Å². The van der Waals surface area contributed by atoms with Crippen LogP contribution < -0.4 is 5.32 Å². The molecule has 1 aliphatic heterocycles. The summed E-state index contributed by atoms with van der Waals surface area (Å²) in [5.74, 6) is -0.172. The SMILES string of the molecule is O=C(Nc1cccc(C(F)(F)F)c1)c1ccc(C2CC2N(C(=O)O)C2CCS(O)(O)CC2)cc1. The fourth-order valence-corrected chi connectivity index (χ4v) is 5.95. The Hall–Kier alpha value is -2.76. The molecule has 1 saturated heterocycles. The minimum absolute atomic E-state index is 0.0287. The quantitative estimate of drug-likeness (QED) is 0.422. The first kappa shape index (κ1) is 24.4. The predicted molar refractivity (Wildman–Crippen MR) is 122 cm³/mol. The monoisotopic (exact) mass is 498 g/mol. The van der Waals surface area contributed by atoms with E-state index in [1.165, 1.54) is 17.0 Å². The van der Waals surface area contributed by atoms with Crippen LogP contribution in [0.4, 0.5) is 23.7 Å². The van der Waals surface area contributed by atoms with Crippen molar-refractivity contribution < 1.29 is 37.0 Å². The molecule has 1 aliphatic carbocycles. The average molecular weight is 499 g/mol. The Morgan fingerprint density at radius 3 is 2.26 bits per heavy atom. The van der Waals surface area contributed by atoms with Gasteiger partial charge in [-0.25, -0.2) is 4.79 Å². The molecule has 2 atom stereocenters. The van der Waals surface area contributed by atoms with Crippen LogP contribution >= 0.6 is 10.6 Å². The fourth-order valence-electron chi connectivity index (χ4n) is 4.45. The second-order valence-electron chi connectivity index (χ2n) is 8.70. The Morgan fingerprint density at radius 2 is 1.68 bits per heavy atom. The number of halogens is 3. The Bertz CT molecular complexity index is 1070. The number of nitrogens with one attached hydrogen (secondary N) is 1. The molecule has 2 aliphatic rings. The van der Waals surface area contributed by atoms with Gasteiger partial charge in [0.05, 0.1) is 5.56 Å². The molecular formula is C23H25F3N2O5S. The smallest absolute Gasteiger partial charge is 0.416 e. The van der Waals surface area contributed by atoms with Crippen molar-refractivity contribution in [3.8, 4) is 0 Å². The first-order chi connectivity index (χ1) is 15.9. The van der Waals surface area contributed by atoms with Crippen LogP contribution in [-0.2, 0) is 6.18 Å². The van der Waals surface area contributed by atoms with Crippen LogP contribution in [0, 0.1) is 0 Å². The number of hydrogen-bond acceptors (Lipinski definition) is 4. The molecule has 2 amide bonds. The van der Waals surface area contributed by atoms with Crippen LogP contribution in [0.5, 0.6) is 0 Å². The highest BCUT2D eigenvalue weighted by atomic mass is 32.3. The molecule has 2 fully saturated rings. The van der Waals surface area contributed by atoms with Crippen molar-refractivity contribution in [2.75, 3.05) is 16.8 Å². The van der Waals surface area contributed by atoms with E-state index in [0.717, 1.165) is 17.7 Å². The Kier molecular flexibility index (Phi) is 6.54. The number of nitrogens with zero attached hydrogens (tertiary/aromatic N) is 1. The maximum absolute atomic E-state index is 12.9. The van der Waals surface area contributed by atoms with E-state index >= 15 is 0 Å². The summed E-state index contributed by atoms with van der Waals surface area (Å²) in [6.45, 7) is 0. The first-order valence-corrected chi connectivity index (χ1v) is 12.7. The van der Waals surface area contributed by atoms with E-state index < -0.39 is 34.3 Å². The highest BCUT2D eigenvalue weighted by Crippen LogP contribution is 2.50. The molecular weight excluding hydrogens is 473 g/mol. The molecule has 0 aromatic heterocycles. The Morgan fingerprint density at radius 1 is 1.03 bits per heavy atom. The van der Waals surface area contributed by atoms with Crippen molar-refractivity contribution in [3.63, 3.8) is 0 Å². The molecule has 4 N–H and O–H groups in total. The topological polar surface area (TPSA) is 110 Å². The highest BCUT2D eigenvalue weighted by Gasteiger charge is 2.48. The summed E-state index contributed by atoms with van der Waals surface area (Å²) >= 11 is 0. The number of carboxylic acid groups (broad SMARTS) is 1. The van der Waals surface area contributed by atoms with Crippen molar-refractivity contribution in [3.05, 3.63) is 65.2 Å². The summed E-state index contributed by atoms with van der Waals surface area (Å²) < 4.78 is 58.2. The molecule has 2 aromatic rings. The van der Waals surface area contributed by atoms with Gasteiger partial charge in [-0.15, -0.1) is 0 Å². The lowest BCUT2D eigenvalue weighted by atomic mass is 10.1. The van der Waals surface area contributed by atoms with Crippen LogP contribution in [0.25, 0.3) is 0 Å². The number of anilines is 1. The first-order valence-electron chi connectivity index (χ1n) is 10.8. The number of amides is 2. The zero-order valence-electron chi connectivity index (χ0n) is 18.0. The second kappa shape index (κ2) is 9.12. The number of alkyl halides is 3. The molecule has 184 valence electrons. The number of hydrogen-bond donors (Lipinski definition) is 4. The van der Waals surface area contributed by atoms with E-state index in [1.807, 2.05) is 0 Å². The molecule has 1 saturated carbocycles. The van der Waals surface area contributed by atoms with Gasteiger partial charge in [-0.05, 0) is 55.2 Å². The maximum Gasteiger partial charge on any atom is 0.416 e. The number of rotatable bonds is 5. The van der Waals surface area contributed by atoms with E-state index in [-0.39, 0.29) is 40.8 Å². The predicted octanol–water partition coefficient (Wildman–Crippen LogP) is 5.71. The zero-order chi connectivity index (χ0) is 24.7.